The Morgan fingerprint density at radius 1 is 1.15 bits per heavy atom. The Kier molecular flexibility index (Phi) is 4.26. The molecule has 0 aliphatic heterocycles. The lowest BCUT2D eigenvalue weighted by molar-refractivity contribution is 0.620. The molecule has 2 aromatic carbocycles. The van der Waals surface area contributed by atoms with E-state index >= 15 is 0 Å². The standard InChI is InChI=1S/C16H14ClFN2/c1-16(11-19,10-12-2-6-14(18)7-3-12)20-15-8-4-13(17)5-9-15/h2-9,20H,10H2,1H3. The predicted octanol–water partition coefficient (Wildman–Crippen LogP) is 4.42. The van der Waals surface area contributed by atoms with E-state index in [0.717, 1.165) is 11.3 Å². The van der Waals surface area contributed by atoms with Gasteiger partial charge in [-0.05, 0) is 48.9 Å². The maximum absolute atomic E-state index is 12.9. The van der Waals surface area contributed by atoms with E-state index in [0.29, 0.717) is 11.4 Å². The Labute approximate surface area is 122 Å². The first-order chi connectivity index (χ1) is 9.50. The van der Waals surface area contributed by atoms with Gasteiger partial charge in [0.2, 0.25) is 0 Å². The molecular weight excluding hydrogens is 275 g/mol. The molecule has 102 valence electrons. The van der Waals surface area contributed by atoms with Gasteiger partial charge in [-0.3, -0.25) is 0 Å². The first kappa shape index (κ1) is 14.4. The summed E-state index contributed by atoms with van der Waals surface area (Å²) in [5.41, 5.74) is 0.948. The van der Waals surface area contributed by atoms with Gasteiger partial charge in [-0.15, -0.1) is 0 Å². The van der Waals surface area contributed by atoms with Gasteiger partial charge in [0.1, 0.15) is 11.4 Å². The minimum absolute atomic E-state index is 0.280. The summed E-state index contributed by atoms with van der Waals surface area (Å²) in [5.74, 6) is -0.280. The second-order valence-corrected chi connectivity index (χ2v) is 5.32. The van der Waals surface area contributed by atoms with E-state index in [-0.39, 0.29) is 5.82 Å². The monoisotopic (exact) mass is 288 g/mol. The van der Waals surface area contributed by atoms with Crippen molar-refractivity contribution in [2.45, 2.75) is 18.9 Å². The molecule has 0 aromatic heterocycles. The van der Waals surface area contributed by atoms with Gasteiger partial charge in [0.05, 0.1) is 6.07 Å². The van der Waals surface area contributed by atoms with E-state index in [1.807, 2.05) is 19.1 Å². The third kappa shape index (κ3) is 3.72. The minimum atomic E-state index is -0.772. The number of rotatable bonds is 4. The van der Waals surface area contributed by atoms with Gasteiger partial charge < -0.3 is 5.32 Å². The summed E-state index contributed by atoms with van der Waals surface area (Å²) >= 11 is 5.83. The molecule has 0 saturated carbocycles. The fourth-order valence-electron chi connectivity index (χ4n) is 1.97. The highest BCUT2D eigenvalue weighted by molar-refractivity contribution is 6.30. The van der Waals surface area contributed by atoms with Crippen LogP contribution in [-0.4, -0.2) is 5.54 Å². The zero-order valence-corrected chi connectivity index (χ0v) is 11.8. The molecule has 2 aromatic rings. The Bertz CT molecular complexity index is 567. The molecule has 1 N–H and O–H groups in total. The SMILES string of the molecule is CC(C#N)(Cc1ccc(F)cc1)Nc1ccc(Cl)cc1. The Morgan fingerprint density at radius 3 is 2.30 bits per heavy atom. The number of anilines is 1. The fourth-order valence-corrected chi connectivity index (χ4v) is 2.10. The summed E-state index contributed by atoms with van der Waals surface area (Å²) in [6.45, 7) is 1.81. The molecule has 2 rings (SSSR count). The van der Waals surface area contributed by atoms with Crippen LogP contribution >= 0.6 is 11.6 Å². The van der Waals surface area contributed by atoms with Crippen LogP contribution in [0.2, 0.25) is 5.02 Å². The summed E-state index contributed by atoms with van der Waals surface area (Å²) in [6, 6.07) is 15.6. The van der Waals surface area contributed by atoms with Crippen molar-refractivity contribution in [1.29, 1.82) is 5.26 Å². The van der Waals surface area contributed by atoms with Crippen LogP contribution in [0, 0.1) is 17.1 Å². The number of halogens is 2. The molecule has 0 saturated heterocycles. The predicted molar refractivity (Wildman–Crippen MR) is 79.2 cm³/mol. The second-order valence-electron chi connectivity index (χ2n) is 4.88. The van der Waals surface area contributed by atoms with Crippen LogP contribution in [0.4, 0.5) is 10.1 Å². The van der Waals surface area contributed by atoms with Crippen molar-refractivity contribution in [1.82, 2.24) is 0 Å². The quantitative estimate of drug-likeness (QED) is 0.904. The molecule has 1 atom stereocenters. The van der Waals surface area contributed by atoms with Crippen LogP contribution in [0.3, 0.4) is 0 Å². The highest BCUT2D eigenvalue weighted by Gasteiger charge is 2.24. The van der Waals surface area contributed by atoms with Crippen LogP contribution in [-0.2, 0) is 6.42 Å². The molecule has 0 fully saturated rings. The number of hydrogen-bond donors (Lipinski definition) is 1. The summed E-state index contributed by atoms with van der Waals surface area (Å²) in [6.07, 6.45) is 0.479. The molecule has 0 heterocycles. The van der Waals surface area contributed by atoms with Crippen molar-refractivity contribution in [3.05, 3.63) is 64.9 Å². The van der Waals surface area contributed by atoms with Crippen LogP contribution < -0.4 is 5.32 Å². The second kappa shape index (κ2) is 5.94. The molecular formula is C16H14ClFN2. The summed E-state index contributed by atoms with van der Waals surface area (Å²) in [7, 11) is 0. The minimum Gasteiger partial charge on any atom is -0.367 e. The van der Waals surface area contributed by atoms with Gasteiger partial charge in [0.15, 0.2) is 0 Å². The van der Waals surface area contributed by atoms with Crippen molar-refractivity contribution in [2.75, 3.05) is 5.32 Å². The fraction of sp³-hybridized carbons (Fsp3) is 0.188. The smallest absolute Gasteiger partial charge is 0.126 e. The Morgan fingerprint density at radius 2 is 1.75 bits per heavy atom. The summed E-state index contributed by atoms with van der Waals surface area (Å²) < 4.78 is 12.9. The summed E-state index contributed by atoms with van der Waals surface area (Å²) in [4.78, 5) is 0. The number of nitriles is 1. The molecule has 2 nitrogen and oxygen atoms in total. The van der Waals surface area contributed by atoms with Crippen LogP contribution in [0.1, 0.15) is 12.5 Å². The van der Waals surface area contributed by atoms with Crippen molar-refractivity contribution >= 4 is 17.3 Å². The Balaban J connectivity index is 2.14. The van der Waals surface area contributed by atoms with Gasteiger partial charge in [-0.25, -0.2) is 4.39 Å². The Hall–Kier alpha value is -2.05. The molecule has 4 heteroatoms. The maximum Gasteiger partial charge on any atom is 0.126 e. The van der Waals surface area contributed by atoms with E-state index in [9.17, 15) is 9.65 Å². The van der Waals surface area contributed by atoms with Crippen molar-refractivity contribution in [3.8, 4) is 6.07 Å². The number of hydrogen-bond acceptors (Lipinski definition) is 2. The lowest BCUT2D eigenvalue weighted by atomic mass is 9.94. The average molecular weight is 289 g/mol. The number of nitrogens with zero attached hydrogens (tertiary/aromatic N) is 1. The van der Waals surface area contributed by atoms with E-state index in [4.69, 9.17) is 11.6 Å². The van der Waals surface area contributed by atoms with E-state index in [1.165, 1.54) is 12.1 Å². The third-order valence-electron chi connectivity index (χ3n) is 2.98. The molecule has 0 bridgehead atoms. The molecule has 20 heavy (non-hydrogen) atoms. The third-order valence-corrected chi connectivity index (χ3v) is 3.23. The largest absolute Gasteiger partial charge is 0.367 e. The molecule has 0 radical (unpaired) electrons. The zero-order chi connectivity index (χ0) is 14.6. The lowest BCUT2D eigenvalue weighted by Crippen LogP contribution is -2.35. The molecule has 1 unspecified atom stereocenters. The van der Waals surface area contributed by atoms with Gasteiger partial charge >= 0.3 is 0 Å². The molecule has 0 amide bonds. The van der Waals surface area contributed by atoms with Gasteiger partial charge in [-0.2, -0.15) is 5.26 Å². The number of nitrogens with one attached hydrogen (secondary N) is 1. The lowest BCUT2D eigenvalue weighted by Gasteiger charge is -2.24. The van der Waals surface area contributed by atoms with Crippen LogP contribution in [0.5, 0.6) is 0 Å². The van der Waals surface area contributed by atoms with Crippen molar-refractivity contribution in [2.24, 2.45) is 0 Å². The van der Waals surface area contributed by atoms with E-state index in [1.54, 1.807) is 24.3 Å². The van der Waals surface area contributed by atoms with E-state index < -0.39 is 5.54 Å². The highest BCUT2D eigenvalue weighted by atomic mass is 35.5. The maximum atomic E-state index is 12.9. The molecule has 0 aliphatic rings. The normalized spacial score (nSPS) is 13.3. The number of benzene rings is 2. The van der Waals surface area contributed by atoms with Crippen LogP contribution in [0.25, 0.3) is 0 Å². The first-order valence-corrected chi connectivity index (χ1v) is 6.58. The van der Waals surface area contributed by atoms with Gasteiger partial charge in [0.25, 0.3) is 0 Å². The van der Waals surface area contributed by atoms with E-state index in [2.05, 4.69) is 11.4 Å². The van der Waals surface area contributed by atoms with Gasteiger partial charge in [0, 0.05) is 17.1 Å². The first-order valence-electron chi connectivity index (χ1n) is 6.20. The zero-order valence-electron chi connectivity index (χ0n) is 11.0. The topological polar surface area (TPSA) is 35.8 Å². The van der Waals surface area contributed by atoms with Crippen LogP contribution in [0.15, 0.2) is 48.5 Å². The average Bonchev–Trinajstić information content (AvgIpc) is 2.44. The molecule has 0 aliphatic carbocycles. The molecule has 0 spiro atoms. The van der Waals surface area contributed by atoms with Crippen molar-refractivity contribution in [3.63, 3.8) is 0 Å². The van der Waals surface area contributed by atoms with Crippen molar-refractivity contribution < 1.29 is 4.39 Å². The van der Waals surface area contributed by atoms with Gasteiger partial charge in [-0.1, -0.05) is 23.7 Å². The summed E-state index contributed by atoms with van der Waals surface area (Å²) in [5, 5.41) is 13.2. The highest BCUT2D eigenvalue weighted by Crippen LogP contribution is 2.21.